The number of aromatic amines is 2. The van der Waals surface area contributed by atoms with Crippen LogP contribution < -0.4 is 16.8 Å². The molecule has 0 aliphatic carbocycles. The number of nitrogens with one attached hydrogen (secondary N) is 2. The Morgan fingerprint density at radius 3 is 2.58 bits per heavy atom. The van der Waals surface area contributed by atoms with Gasteiger partial charge in [0.1, 0.15) is 11.3 Å². The summed E-state index contributed by atoms with van der Waals surface area (Å²) in [6.45, 7) is 0. The number of fused-ring (bicyclic) bond motifs is 1. The van der Waals surface area contributed by atoms with Gasteiger partial charge in [0.2, 0.25) is 0 Å². The maximum absolute atomic E-state index is 12.1. The van der Waals surface area contributed by atoms with Crippen LogP contribution in [0, 0.1) is 0 Å². The van der Waals surface area contributed by atoms with Crippen molar-refractivity contribution in [2.75, 3.05) is 0 Å². The van der Waals surface area contributed by atoms with E-state index in [1.54, 1.807) is 24.3 Å². The van der Waals surface area contributed by atoms with Crippen molar-refractivity contribution < 1.29 is 0 Å². The SMILES string of the molecule is Cn1c(=O)[nH]c(=O)c2nc(C=Cc3cccc(Cl)c3Cl)c(=O)[nH]c21. The minimum absolute atomic E-state index is 0.00249. The van der Waals surface area contributed by atoms with Crippen LogP contribution in [0.25, 0.3) is 23.3 Å². The van der Waals surface area contributed by atoms with E-state index in [1.165, 1.54) is 13.1 Å². The fourth-order valence-electron chi connectivity index (χ4n) is 2.13. The molecule has 1 aromatic carbocycles. The van der Waals surface area contributed by atoms with Gasteiger partial charge in [-0.25, -0.2) is 9.78 Å². The Balaban J connectivity index is 2.18. The average molecular weight is 365 g/mol. The molecule has 3 rings (SSSR count). The number of benzene rings is 1. The molecule has 0 unspecified atom stereocenters. The van der Waals surface area contributed by atoms with E-state index in [-0.39, 0.29) is 16.9 Å². The molecule has 0 radical (unpaired) electrons. The first-order valence-electron chi connectivity index (χ1n) is 6.74. The van der Waals surface area contributed by atoms with Crippen LogP contribution in [-0.2, 0) is 7.05 Å². The van der Waals surface area contributed by atoms with Crippen molar-refractivity contribution in [3.63, 3.8) is 0 Å². The zero-order valence-electron chi connectivity index (χ0n) is 12.3. The molecule has 9 heteroatoms. The van der Waals surface area contributed by atoms with Gasteiger partial charge in [-0.2, -0.15) is 0 Å². The summed E-state index contributed by atoms with van der Waals surface area (Å²) in [5.74, 6) is 0. The summed E-state index contributed by atoms with van der Waals surface area (Å²) in [5.41, 5.74) is -1.26. The van der Waals surface area contributed by atoms with Crippen LogP contribution in [0.4, 0.5) is 0 Å². The minimum atomic E-state index is -0.681. The normalized spacial score (nSPS) is 11.5. The van der Waals surface area contributed by atoms with Gasteiger partial charge < -0.3 is 4.98 Å². The van der Waals surface area contributed by atoms with Gasteiger partial charge in [0, 0.05) is 7.05 Å². The monoisotopic (exact) mass is 364 g/mol. The van der Waals surface area contributed by atoms with Crippen molar-refractivity contribution in [1.29, 1.82) is 0 Å². The number of rotatable bonds is 2. The van der Waals surface area contributed by atoms with Gasteiger partial charge >= 0.3 is 5.69 Å². The number of aryl methyl sites for hydroxylation is 1. The Bertz CT molecular complexity index is 1160. The molecule has 0 bridgehead atoms. The number of aromatic nitrogens is 4. The lowest BCUT2D eigenvalue weighted by molar-refractivity contribution is 0.820. The van der Waals surface area contributed by atoms with E-state index in [4.69, 9.17) is 23.2 Å². The largest absolute Gasteiger partial charge is 0.329 e. The lowest BCUT2D eigenvalue weighted by Crippen LogP contribution is -2.31. The number of hydrogen-bond donors (Lipinski definition) is 2. The highest BCUT2D eigenvalue weighted by Crippen LogP contribution is 2.26. The van der Waals surface area contributed by atoms with Crippen LogP contribution in [0.3, 0.4) is 0 Å². The molecular weight excluding hydrogens is 355 g/mol. The van der Waals surface area contributed by atoms with E-state index in [0.717, 1.165) is 4.57 Å². The van der Waals surface area contributed by atoms with Crippen LogP contribution in [-0.4, -0.2) is 19.5 Å². The highest BCUT2D eigenvalue weighted by Gasteiger charge is 2.10. The molecule has 2 heterocycles. The highest BCUT2D eigenvalue weighted by molar-refractivity contribution is 6.42. The van der Waals surface area contributed by atoms with Gasteiger partial charge in [-0.05, 0) is 17.7 Å². The Morgan fingerprint density at radius 1 is 1.08 bits per heavy atom. The number of hydrogen-bond acceptors (Lipinski definition) is 4. The van der Waals surface area contributed by atoms with Crippen LogP contribution in [0.5, 0.6) is 0 Å². The van der Waals surface area contributed by atoms with Gasteiger partial charge in [0.05, 0.1) is 10.0 Å². The van der Waals surface area contributed by atoms with E-state index in [2.05, 4.69) is 15.0 Å². The van der Waals surface area contributed by atoms with Crippen molar-refractivity contribution in [1.82, 2.24) is 19.5 Å². The van der Waals surface area contributed by atoms with Gasteiger partial charge in [0.25, 0.3) is 11.1 Å². The van der Waals surface area contributed by atoms with Gasteiger partial charge in [-0.15, -0.1) is 0 Å². The molecular formula is C15H10Cl2N4O3. The molecule has 0 amide bonds. The quantitative estimate of drug-likeness (QED) is 0.723. The molecule has 2 aromatic heterocycles. The molecule has 0 aliphatic rings. The first-order chi connectivity index (χ1) is 11.4. The molecule has 0 spiro atoms. The summed E-state index contributed by atoms with van der Waals surface area (Å²) in [4.78, 5) is 44.2. The van der Waals surface area contributed by atoms with Crippen LogP contribution >= 0.6 is 23.2 Å². The smallest absolute Gasteiger partial charge is 0.305 e. The third-order valence-electron chi connectivity index (χ3n) is 3.40. The van der Waals surface area contributed by atoms with Gasteiger partial charge in [-0.1, -0.05) is 41.4 Å². The van der Waals surface area contributed by atoms with E-state index >= 15 is 0 Å². The molecule has 122 valence electrons. The maximum Gasteiger partial charge on any atom is 0.329 e. The van der Waals surface area contributed by atoms with Crippen molar-refractivity contribution in [3.8, 4) is 0 Å². The highest BCUT2D eigenvalue weighted by atomic mass is 35.5. The van der Waals surface area contributed by atoms with Crippen molar-refractivity contribution in [2.45, 2.75) is 0 Å². The Labute approximate surface area is 144 Å². The molecule has 0 aliphatic heterocycles. The second kappa shape index (κ2) is 6.10. The summed E-state index contributed by atoms with van der Waals surface area (Å²) in [6.07, 6.45) is 2.98. The van der Waals surface area contributed by atoms with E-state index in [9.17, 15) is 14.4 Å². The lowest BCUT2D eigenvalue weighted by atomic mass is 10.2. The standard InChI is InChI=1S/C15H10Cl2N4O3/c1-21-12-11(14(23)20-15(21)24)18-9(13(22)19-12)6-5-7-3-2-4-8(16)10(7)17/h2-6H,1H3,(H,19,22)(H,20,23,24). The second-order valence-electron chi connectivity index (χ2n) is 4.94. The minimum Gasteiger partial charge on any atom is -0.305 e. The van der Waals surface area contributed by atoms with Gasteiger partial charge in [0.15, 0.2) is 5.52 Å². The third kappa shape index (κ3) is 2.79. The molecule has 0 saturated heterocycles. The predicted octanol–water partition coefficient (Wildman–Crippen LogP) is 1.79. The molecule has 3 aromatic rings. The van der Waals surface area contributed by atoms with Crippen molar-refractivity contribution >= 4 is 46.5 Å². The van der Waals surface area contributed by atoms with E-state index < -0.39 is 16.8 Å². The van der Waals surface area contributed by atoms with E-state index in [1.807, 2.05) is 0 Å². The predicted molar refractivity (Wildman–Crippen MR) is 93.6 cm³/mol. The van der Waals surface area contributed by atoms with Gasteiger partial charge in [-0.3, -0.25) is 19.1 Å². The molecule has 2 N–H and O–H groups in total. The first kappa shape index (κ1) is 16.2. The summed E-state index contributed by atoms with van der Waals surface area (Å²) in [5, 5.41) is 0.721. The van der Waals surface area contributed by atoms with E-state index in [0.29, 0.717) is 15.6 Å². The Hall–Kier alpha value is -2.64. The lowest BCUT2D eigenvalue weighted by Gasteiger charge is -2.03. The Kier molecular flexibility index (Phi) is 4.13. The molecule has 24 heavy (non-hydrogen) atoms. The number of nitrogens with zero attached hydrogens (tertiary/aromatic N) is 2. The molecule has 0 atom stereocenters. The Morgan fingerprint density at radius 2 is 1.83 bits per heavy atom. The summed E-state index contributed by atoms with van der Waals surface area (Å²) in [6, 6.07) is 5.07. The van der Waals surface area contributed by atoms with Crippen molar-refractivity contribution in [3.05, 3.63) is 70.7 Å². The molecule has 7 nitrogen and oxygen atoms in total. The zero-order valence-corrected chi connectivity index (χ0v) is 13.8. The maximum atomic E-state index is 12.1. The number of halogens is 2. The summed E-state index contributed by atoms with van der Waals surface area (Å²) < 4.78 is 1.10. The topological polar surface area (TPSA) is 101 Å². The van der Waals surface area contributed by atoms with Crippen LogP contribution in [0.1, 0.15) is 11.3 Å². The fraction of sp³-hybridized carbons (Fsp3) is 0.0667. The average Bonchev–Trinajstić information content (AvgIpc) is 2.54. The summed E-state index contributed by atoms with van der Waals surface area (Å²) >= 11 is 12.0. The molecule has 0 fully saturated rings. The first-order valence-corrected chi connectivity index (χ1v) is 7.49. The molecule has 0 saturated carbocycles. The fourth-order valence-corrected chi connectivity index (χ4v) is 2.50. The second-order valence-corrected chi connectivity index (χ2v) is 5.73. The summed E-state index contributed by atoms with van der Waals surface area (Å²) in [7, 11) is 1.42. The number of H-pyrrole nitrogens is 2. The zero-order chi connectivity index (χ0) is 17.4. The third-order valence-corrected chi connectivity index (χ3v) is 4.23. The van der Waals surface area contributed by atoms with Crippen LogP contribution in [0.15, 0.2) is 32.6 Å². The van der Waals surface area contributed by atoms with Crippen LogP contribution in [0.2, 0.25) is 10.0 Å². The van der Waals surface area contributed by atoms with Crippen molar-refractivity contribution in [2.24, 2.45) is 7.05 Å².